The van der Waals surface area contributed by atoms with Gasteiger partial charge in [-0.3, -0.25) is 0 Å². The molecule has 0 amide bonds. The van der Waals surface area contributed by atoms with Crippen LogP contribution in [0.4, 0.5) is 14.5 Å². The average Bonchev–Trinajstić information content (AvgIpc) is 2.13. The number of halogens is 3. The van der Waals surface area contributed by atoms with Crippen molar-refractivity contribution in [3.8, 4) is 0 Å². The number of benzene rings is 1. The Morgan fingerprint density at radius 2 is 1.73 bits per heavy atom. The Morgan fingerprint density at radius 1 is 1.13 bits per heavy atom. The molecular weight excluding hydrogens is 264 g/mol. The minimum atomic E-state index is -0.463. The molecule has 4 heteroatoms. The summed E-state index contributed by atoms with van der Waals surface area (Å²) in [6.45, 7) is 5.97. The molecule has 0 aromatic heterocycles. The lowest BCUT2D eigenvalue weighted by Crippen LogP contribution is -2.22. The lowest BCUT2D eigenvalue weighted by Gasteiger charge is -2.19. The van der Waals surface area contributed by atoms with Gasteiger partial charge < -0.3 is 5.32 Å². The Kier molecular flexibility index (Phi) is 4.08. The van der Waals surface area contributed by atoms with Crippen molar-refractivity contribution in [3.05, 3.63) is 28.2 Å². The van der Waals surface area contributed by atoms with Crippen molar-refractivity contribution in [2.75, 3.05) is 5.32 Å². The quantitative estimate of drug-likeness (QED) is 0.818. The first-order valence-electron chi connectivity index (χ1n) is 4.83. The molecule has 0 bridgehead atoms. The van der Waals surface area contributed by atoms with E-state index < -0.39 is 11.6 Å². The Labute approximate surface area is 97.0 Å². The van der Waals surface area contributed by atoms with Crippen LogP contribution in [-0.4, -0.2) is 6.04 Å². The topological polar surface area (TPSA) is 12.0 Å². The highest BCUT2D eigenvalue weighted by Gasteiger charge is 2.12. The highest BCUT2D eigenvalue weighted by atomic mass is 79.9. The summed E-state index contributed by atoms with van der Waals surface area (Å²) in [6, 6.07) is 2.39. The van der Waals surface area contributed by atoms with E-state index in [-0.39, 0.29) is 16.2 Å². The van der Waals surface area contributed by atoms with Gasteiger partial charge in [-0.1, -0.05) is 13.8 Å². The Morgan fingerprint density at radius 3 is 2.27 bits per heavy atom. The maximum Gasteiger partial charge on any atom is 0.147 e. The van der Waals surface area contributed by atoms with E-state index >= 15 is 0 Å². The molecule has 0 fully saturated rings. The summed E-state index contributed by atoms with van der Waals surface area (Å²) in [5.41, 5.74) is 0.205. The molecule has 1 atom stereocenters. The van der Waals surface area contributed by atoms with Crippen LogP contribution in [0.1, 0.15) is 20.8 Å². The number of anilines is 1. The zero-order chi connectivity index (χ0) is 11.6. The average molecular weight is 278 g/mol. The zero-order valence-electron chi connectivity index (χ0n) is 8.94. The van der Waals surface area contributed by atoms with Gasteiger partial charge in [-0.2, -0.15) is 0 Å². The van der Waals surface area contributed by atoms with Gasteiger partial charge in [0.1, 0.15) is 11.6 Å². The molecule has 0 heterocycles. The first-order valence-corrected chi connectivity index (χ1v) is 5.62. The predicted molar refractivity (Wildman–Crippen MR) is 62.0 cm³/mol. The van der Waals surface area contributed by atoms with Gasteiger partial charge in [0.25, 0.3) is 0 Å². The van der Waals surface area contributed by atoms with E-state index in [4.69, 9.17) is 0 Å². The molecular formula is C11H14BrF2N. The number of hydrogen-bond acceptors (Lipinski definition) is 1. The van der Waals surface area contributed by atoms with Gasteiger partial charge in [0.2, 0.25) is 0 Å². The van der Waals surface area contributed by atoms with E-state index in [9.17, 15) is 8.78 Å². The number of hydrogen-bond donors (Lipinski definition) is 1. The molecule has 1 aromatic rings. The maximum absolute atomic E-state index is 13.4. The van der Waals surface area contributed by atoms with Crippen molar-refractivity contribution in [3.63, 3.8) is 0 Å². The molecule has 15 heavy (non-hydrogen) atoms. The van der Waals surface area contributed by atoms with Crippen LogP contribution in [0, 0.1) is 17.6 Å². The molecule has 1 rings (SSSR count). The molecule has 0 radical (unpaired) electrons. The summed E-state index contributed by atoms with van der Waals surface area (Å²) >= 11 is 2.93. The van der Waals surface area contributed by atoms with Crippen LogP contribution < -0.4 is 5.32 Å². The van der Waals surface area contributed by atoms with Crippen LogP contribution in [0.3, 0.4) is 0 Å². The van der Waals surface area contributed by atoms with Gasteiger partial charge in [-0.05, 0) is 34.8 Å². The van der Waals surface area contributed by atoms with Crippen LogP contribution in [0.5, 0.6) is 0 Å². The van der Waals surface area contributed by atoms with Crippen molar-refractivity contribution in [1.82, 2.24) is 0 Å². The summed E-state index contributed by atoms with van der Waals surface area (Å²) < 4.78 is 26.7. The standard InChI is InChI=1S/C11H14BrF2N/c1-6(2)7(3)15-11-5-9(13)8(12)4-10(11)14/h4-7,15H,1-3H3. The molecule has 0 saturated carbocycles. The van der Waals surface area contributed by atoms with Gasteiger partial charge >= 0.3 is 0 Å². The summed E-state index contributed by atoms with van der Waals surface area (Å²) in [4.78, 5) is 0. The van der Waals surface area contributed by atoms with Crippen LogP contribution in [0.15, 0.2) is 16.6 Å². The molecule has 0 spiro atoms. The minimum Gasteiger partial charge on any atom is -0.380 e. The molecule has 0 aliphatic carbocycles. The van der Waals surface area contributed by atoms with Crippen molar-refractivity contribution in [1.29, 1.82) is 0 Å². The number of rotatable bonds is 3. The fourth-order valence-electron chi connectivity index (χ4n) is 1.05. The monoisotopic (exact) mass is 277 g/mol. The van der Waals surface area contributed by atoms with Crippen LogP contribution >= 0.6 is 15.9 Å². The fourth-order valence-corrected chi connectivity index (χ4v) is 1.36. The summed E-state index contributed by atoms with van der Waals surface area (Å²) in [7, 11) is 0. The van der Waals surface area contributed by atoms with E-state index in [0.717, 1.165) is 12.1 Å². The highest BCUT2D eigenvalue weighted by Crippen LogP contribution is 2.24. The van der Waals surface area contributed by atoms with Gasteiger partial charge in [0.05, 0.1) is 10.2 Å². The maximum atomic E-state index is 13.4. The van der Waals surface area contributed by atoms with Crippen LogP contribution in [-0.2, 0) is 0 Å². The van der Waals surface area contributed by atoms with Crippen LogP contribution in [0.25, 0.3) is 0 Å². The van der Waals surface area contributed by atoms with E-state index in [1.165, 1.54) is 0 Å². The minimum absolute atomic E-state index is 0.0973. The second kappa shape index (κ2) is 4.92. The third-order valence-electron chi connectivity index (χ3n) is 2.39. The van der Waals surface area contributed by atoms with Gasteiger partial charge in [-0.25, -0.2) is 8.78 Å². The molecule has 0 aliphatic heterocycles. The lowest BCUT2D eigenvalue weighted by molar-refractivity contribution is 0.548. The first kappa shape index (κ1) is 12.4. The van der Waals surface area contributed by atoms with Crippen molar-refractivity contribution in [2.45, 2.75) is 26.8 Å². The van der Waals surface area contributed by atoms with Gasteiger partial charge in [0.15, 0.2) is 0 Å². The van der Waals surface area contributed by atoms with Crippen LogP contribution in [0.2, 0.25) is 0 Å². The summed E-state index contributed by atoms with van der Waals surface area (Å²) in [5, 5.41) is 2.94. The predicted octanol–water partition coefficient (Wildman–Crippen LogP) is 4.18. The zero-order valence-corrected chi connectivity index (χ0v) is 10.5. The van der Waals surface area contributed by atoms with E-state index in [1.807, 2.05) is 20.8 Å². The summed E-state index contributed by atoms with van der Waals surface area (Å²) in [6.07, 6.45) is 0. The molecule has 0 aliphatic rings. The Bertz CT molecular complexity index is 353. The van der Waals surface area contributed by atoms with Gasteiger partial charge in [-0.15, -0.1) is 0 Å². The van der Waals surface area contributed by atoms with Crippen molar-refractivity contribution < 1.29 is 8.78 Å². The lowest BCUT2D eigenvalue weighted by atomic mass is 10.1. The first-order chi connectivity index (χ1) is 6.91. The normalized spacial score (nSPS) is 13.0. The molecule has 1 nitrogen and oxygen atoms in total. The van der Waals surface area contributed by atoms with Crippen molar-refractivity contribution >= 4 is 21.6 Å². The molecule has 1 unspecified atom stereocenters. The van der Waals surface area contributed by atoms with E-state index in [2.05, 4.69) is 21.2 Å². The Hall–Kier alpha value is -0.640. The molecule has 84 valence electrons. The Balaban J connectivity index is 2.91. The second-order valence-corrected chi connectivity index (χ2v) is 4.78. The van der Waals surface area contributed by atoms with E-state index in [0.29, 0.717) is 5.92 Å². The smallest absolute Gasteiger partial charge is 0.147 e. The van der Waals surface area contributed by atoms with E-state index in [1.54, 1.807) is 0 Å². The highest BCUT2D eigenvalue weighted by molar-refractivity contribution is 9.10. The largest absolute Gasteiger partial charge is 0.380 e. The fraction of sp³-hybridized carbons (Fsp3) is 0.455. The SMILES string of the molecule is CC(C)C(C)Nc1cc(F)c(Br)cc1F. The van der Waals surface area contributed by atoms with Gasteiger partial charge in [0, 0.05) is 12.1 Å². The second-order valence-electron chi connectivity index (χ2n) is 3.92. The molecule has 0 saturated heterocycles. The molecule has 1 N–H and O–H groups in total. The van der Waals surface area contributed by atoms with Crippen molar-refractivity contribution in [2.24, 2.45) is 5.92 Å². The number of nitrogens with one attached hydrogen (secondary N) is 1. The summed E-state index contributed by atoms with van der Waals surface area (Å²) in [5.74, 6) is -0.554. The third kappa shape index (κ3) is 3.16. The third-order valence-corrected chi connectivity index (χ3v) is 3.00. The molecule has 1 aromatic carbocycles.